The van der Waals surface area contributed by atoms with E-state index in [-0.39, 0.29) is 12.6 Å². The molecule has 220 valence electrons. The predicted molar refractivity (Wildman–Crippen MR) is 156 cm³/mol. The van der Waals surface area contributed by atoms with Gasteiger partial charge in [0.05, 0.1) is 44.0 Å². The van der Waals surface area contributed by atoms with Crippen LogP contribution in [0, 0.1) is 0 Å². The smallest absolute Gasteiger partial charge is 0.336 e. The monoisotopic (exact) mass is 583 g/mol. The molecule has 41 heavy (non-hydrogen) atoms. The number of nitrogens with one attached hydrogen (secondary N) is 1. The number of ether oxygens (including phenoxy) is 4. The van der Waals surface area contributed by atoms with Gasteiger partial charge in [-0.2, -0.15) is 0 Å². The second-order valence-corrected chi connectivity index (χ2v) is 10.2. The van der Waals surface area contributed by atoms with Gasteiger partial charge in [-0.25, -0.2) is 9.59 Å². The molecular formula is C32H38ClNO7. The lowest BCUT2D eigenvalue weighted by molar-refractivity contribution is -0.143. The van der Waals surface area contributed by atoms with E-state index in [9.17, 15) is 14.4 Å². The molecule has 0 amide bonds. The van der Waals surface area contributed by atoms with Crippen LogP contribution >= 0.6 is 11.6 Å². The van der Waals surface area contributed by atoms with Crippen molar-refractivity contribution in [2.45, 2.75) is 58.8 Å². The molecule has 3 rings (SSSR count). The molecule has 1 aliphatic heterocycles. The van der Waals surface area contributed by atoms with E-state index in [4.69, 9.17) is 30.5 Å². The Kier molecular flexibility index (Phi) is 12.3. The van der Waals surface area contributed by atoms with Crippen LogP contribution in [0.3, 0.4) is 0 Å². The van der Waals surface area contributed by atoms with Gasteiger partial charge in [-0.05, 0) is 68.5 Å². The third kappa shape index (κ3) is 9.11. The normalized spacial score (nSPS) is 14.8. The van der Waals surface area contributed by atoms with Crippen molar-refractivity contribution in [1.82, 2.24) is 5.32 Å². The van der Waals surface area contributed by atoms with E-state index in [1.807, 2.05) is 37.3 Å². The summed E-state index contributed by atoms with van der Waals surface area (Å²) in [5, 5.41) is 3.62. The van der Waals surface area contributed by atoms with Crippen LogP contribution in [0.1, 0.15) is 63.5 Å². The summed E-state index contributed by atoms with van der Waals surface area (Å²) in [5.41, 5.74) is 3.65. The first-order valence-electron chi connectivity index (χ1n) is 13.8. The Morgan fingerprint density at radius 2 is 1.56 bits per heavy atom. The van der Waals surface area contributed by atoms with Gasteiger partial charge in [-0.15, -0.1) is 0 Å². The summed E-state index contributed by atoms with van der Waals surface area (Å²) in [6.45, 7) is 6.53. The van der Waals surface area contributed by atoms with Gasteiger partial charge in [-0.1, -0.05) is 42.8 Å². The van der Waals surface area contributed by atoms with Crippen LogP contribution in [0.15, 0.2) is 71.1 Å². The van der Waals surface area contributed by atoms with Gasteiger partial charge in [-0.3, -0.25) is 4.79 Å². The first-order chi connectivity index (χ1) is 19.7. The Morgan fingerprint density at radius 3 is 2.22 bits per heavy atom. The summed E-state index contributed by atoms with van der Waals surface area (Å²) in [4.78, 5) is 37.5. The van der Waals surface area contributed by atoms with Gasteiger partial charge >= 0.3 is 17.9 Å². The topological polar surface area (TPSA) is 100 Å². The number of carbonyl (C=O) groups excluding carboxylic acids is 3. The number of hydrogen-bond acceptors (Lipinski definition) is 8. The summed E-state index contributed by atoms with van der Waals surface area (Å²) in [7, 11) is 1.31. The molecule has 0 saturated heterocycles. The molecule has 2 aromatic carbocycles. The minimum atomic E-state index is -0.676. The molecule has 0 spiro atoms. The quantitative estimate of drug-likeness (QED) is 0.163. The van der Waals surface area contributed by atoms with Gasteiger partial charge in [0.25, 0.3) is 0 Å². The lowest BCUT2D eigenvalue weighted by Crippen LogP contribution is -2.32. The highest BCUT2D eigenvalue weighted by molar-refractivity contribution is 6.30. The van der Waals surface area contributed by atoms with Crippen molar-refractivity contribution < 1.29 is 33.3 Å². The SMILES string of the molecule is CCCC(=O)OCCc1ccc(OCCCCOC(=O)C2=C(C)NC(C)=C(C(=O)OC)C2c2cccc(Cl)c2)cc1. The van der Waals surface area contributed by atoms with Crippen molar-refractivity contribution in [3.8, 4) is 5.75 Å². The molecule has 0 aromatic heterocycles. The second kappa shape index (κ2) is 15.9. The molecule has 0 saturated carbocycles. The summed E-state index contributed by atoms with van der Waals surface area (Å²) < 4.78 is 21.7. The number of methoxy groups -OCH3 is 1. The Hall–Kier alpha value is -3.78. The van der Waals surface area contributed by atoms with Gasteiger partial charge in [0, 0.05) is 29.3 Å². The van der Waals surface area contributed by atoms with Crippen LogP contribution in [-0.4, -0.2) is 44.8 Å². The summed E-state index contributed by atoms with van der Waals surface area (Å²) in [6, 6.07) is 14.8. The summed E-state index contributed by atoms with van der Waals surface area (Å²) in [6.07, 6.45) is 3.16. The van der Waals surface area contributed by atoms with Crippen LogP contribution in [0.4, 0.5) is 0 Å². The average Bonchev–Trinajstić information content (AvgIpc) is 2.95. The zero-order valence-corrected chi connectivity index (χ0v) is 24.8. The molecule has 8 nitrogen and oxygen atoms in total. The molecule has 0 aliphatic carbocycles. The van der Waals surface area contributed by atoms with Crippen molar-refractivity contribution in [3.63, 3.8) is 0 Å². The van der Waals surface area contributed by atoms with Crippen LogP contribution in [0.5, 0.6) is 5.75 Å². The number of allylic oxidation sites excluding steroid dienone is 2. The van der Waals surface area contributed by atoms with Gasteiger partial charge in [0.15, 0.2) is 0 Å². The van der Waals surface area contributed by atoms with Crippen molar-refractivity contribution in [1.29, 1.82) is 0 Å². The molecule has 1 heterocycles. The Labute approximate surface area is 246 Å². The van der Waals surface area contributed by atoms with Crippen molar-refractivity contribution >= 4 is 29.5 Å². The van der Waals surface area contributed by atoms with Crippen LogP contribution in [-0.2, 0) is 35.0 Å². The maximum atomic E-state index is 13.3. The fourth-order valence-corrected chi connectivity index (χ4v) is 4.81. The Balaban J connectivity index is 1.50. The maximum absolute atomic E-state index is 13.3. The molecule has 0 bridgehead atoms. The molecule has 0 radical (unpaired) electrons. The lowest BCUT2D eigenvalue weighted by atomic mass is 9.80. The molecule has 1 N–H and O–H groups in total. The van der Waals surface area contributed by atoms with E-state index < -0.39 is 17.9 Å². The van der Waals surface area contributed by atoms with E-state index in [2.05, 4.69) is 5.32 Å². The molecule has 1 unspecified atom stereocenters. The average molecular weight is 584 g/mol. The predicted octanol–water partition coefficient (Wildman–Crippen LogP) is 6.04. The molecule has 0 fully saturated rings. The summed E-state index contributed by atoms with van der Waals surface area (Å²) in [5.74, 6) is -1.14. The fraction of sp³-hybridized carbons (Fsp3) is 0.406. The van der Waals surface area contributed by atoms with Gasteiger partial charge < -0.3 is 24.3 Å². The molecule has 1 atom stereocenters. The molecule has 1 aliphatic rings. The highest BCUT2D eigenvalue weighted by Gasteiger charge is 2.37. The molecule has 2 aromatic rings. The zero-order chi connectivity index (χ0) is 29.8. The first kappa shape index (κ1) is 31.7. The fourth-order valence-electron chi connectivity index (χ4n) is 4.61. The van der Waals surface area contributed by atoms with Crippen molar-refractivity contribution in [3.05, 3.63) is 87.2 Å². The van der Waals surface area contributed by atoms with E-state index in [1.165, 1.54) is 7.11 Å². The van der Waals surface area contributed by atoms with Crippen LogP contribution < -0.4 is 10.1 Å². The maximum Gasteiger partial charge on any atom is 0.336 e. The number of carbonyl (C=O) groups is 3. The zero-order valence-electron chi connectivity index (χ0n) is 24.1. The summed E-state index contributed by atoms with van der Waals surface area (Å²) >= 11 is 6.24. The Bertz CT molecular complexity index is 1280. The number of dihydropyridines is 1. The lowest BCUT2D eigenvalue weighted by Gasteiger charge is -2.30. The number of unbranched alkanes of at least 4 members (excludes halogenated alkanes) is 1. The van der Waals surface area contributed by atoms with Crippen LogP contribution in [0.25, 0.3) is 0 Å². The van der Waals surface area contributed by atoms with Crippen molar-refractivity contribution in [2.75, 3.05) is 26.9 Å². The van der Waals surface area contributed by atoms with E-state index in [0.717, 1.165) is 17.7 Å². The third-order valence-corrected chi connectivity index (χ3v) is 6.87. The first-order valence-corrected chi connectivity index (χ1v) is 14.2. The van der Waals surface area contributed by atoms with E-state index in [0.29, 0.717) is 72.0 Å². The number of rotatable bonds is 14. The number of halogens is 1. The highest BCUT2D eigenvalue weighted by Crippen LogP contribution is 2.39. The van der Waals surface area contributed by atoms with Gasteiger partial charge in [0.2, 0.25) is 0 Å². The minimum Gasteiger partial charge on any atom is -0.494 e. The van der Waals surface area contributed by atoms with E-state index in [1.54, 1.807) is 32.0 Å². The minimum absolute atomic E-state index is 0.167. The largest absolute Gasteiger partial charge is 0.494 e. The van der Waals surface area contributed by atoms with E-state index >= 15 is 0 Å². The Morgan fingerprint density at radius 1 is 0.878 bits per heavy atom. The number of benzene rings is 2. The van der Waals surface area contributed by atoms with Gasteiger partial charge in [0.1, 0.15) is 5.75 Å². The number of hydrogen-bond donors (Lipinski definition) is 1. The van der Waals surface area contributed by atoms with Crippen molar-refractivity contribution in [2.24, 2.45) is 0 Å². The number of esters is 3. The third-order valence-electron chi connectivity index (χ3n) is 6.64. The molecular weight excluding hydrogens is 546 g/mol. The van der Waals surface area contributed by atoms with Crippen LogP contribution in [0.2, 0.25) is 5.02 Å². The second-order valence-electron chi connectivity index (χ2n) is 9.74. The standard InChI is InChI=1S/C32H38ClNO7/c1-5-9-27(35)40-19-16-23-12-14-26(15-13-23)39-17-6-7-18-41-32(37)29-22(3)34-21(2)28(31(36)38-4)30(29)24-10-8-11-25(33)20-24/h8,10-15,20,30,34H,5-7,9,16-19H2,1-4H3. The molecule has 9 heteroatoms. The highest BCUT2D eigenvalue weighted by atomic mass is 35.5.